The number of tetrazole rings is 1. The minimum atomic E-state index is -0.279. The predicted molar refractivity (Wildman–Crippen MR) is 99.3 cm³/mol. The zero-order valence-corrected chi connectivity index (χ0v) is 15.9. The SMILES string of the molecule is Cc1nc(-c2ccc(Cl)cc2)sc1C(=O)N[C@@H](C)c1nnnn1C1CC1. The van der Waals surface area contributed by atoms with Gasteiger partial charge in [0.2, 0.25) is 0 Å². The lowest BCUT2D eigenvalue weighted by Gasteiger charge is -2.12. The molecule has 0 unspecified atom stereocenters. The highest BCUT2D eigenvalue weighted by atomic mass is 35.5. The van der Waals surface area contributed by atoms with E-state index < -0.39 is 0 Å². The third kappa shape index (κ3) is 3.34. The van der Waals surface area contributed by atoms with E-state index in [1.165, 1.54) is 11.3 Å². The summed E-state index contributed by atoms with van der Waals surface area (Å²) in [5, 5.41) is 16.3. The fraction of sp³-hybridized carbons (Fsp3) is 0.353. The molecule has 0 saturated heterocycles. The highest BCUT2D eigenvalue weighted by Crippen LogP contribution is 2.35. The fourth-order valence-electron chi connectivity index (χ4n) is 2.71. The van der Waals surface area contributed by atoms with Gasteiger partial charge >= 0.3 is 0 Å². The first-order valence-corrected chi connectivity index (χ1v) is 9.54. The van der Waals surface area contributed by atoms with Crippen molar-refractivity contribution in [2.24, 2.45) is 0 Å². The summed E-state index contributed by atoms with van der Waals surface area (Å²) in [5.74, 6) is 0.513. The van der Waals surface area contributed by atoms with Gasteiger partial charge in [-0.1, -0.05) is 23.7 Å². The summed E-state index contributed by atoms with van der Waals surface area (Å²) in [4.78, 5) is 17.8. The molecule has 9 heteroatoms. The second-order valence-electron chi connectivity index (χ2n) is 6.35. The molecule has 0 spiro atoms. The highest BCUT2D eigenvalue weighted by Gasteiger charge is 2.30. The van der Waals surface area contributed by atoms with Gasteiger partial charge in [0.1, 0.15) is 9.88 Å². The van der Waals surface area contributed by atoms with E-state index in [4.69, 9.17) is 11.6 Å². The Morgan fingerprint density at radius 3 is 2.77 bits per heavy atom. The normalized spacial score (nSPS) is 15.0. The molecule has 26 heavy (non-hydrogen) atoms. The second-order valence-corrected chi connectivity index (χ2v) is 7.78. The molecule has 2 aromatic heterocycles. The molecule has 1 aliphatic rings. The van der Waals surface area contributed by atoms with Crippen LogP contribution in [0, 0.1) is 6.92 Å². The number of amides is 1. The van der Waals surface area contributed by atoms with Crippen LogP contribution in [-0.4, -0.2) is 31.1 Å². The number of aromatic nitrogens is 5. The topological polar surface area (TPSA) is 85.6 Å². The molecule has 7 nitrogen and oxygen atoms in total. The summed E-state index contributed by atoms with van der Waals surface area (Å²) in [6.45, 7) is 3.72. The molecule has 0 aliphatic heterocycles. The first-order valence-electron chi connectivity index (χ1n) is 8.35. The molecular weight excluding hydrogens is 372 g/mol. The van der Waals surface area contributed by atoms with Crippen molar-refractivity contribution in [3.63, 3.8) is 0 Å². The molecule has 2 heterocycles. The van der Waals surface area contributed by atoms with E-state index in [1.807, 2.05) is 42.8 Å². The molecule has 0 bridgehead atoms. The molecule has 1 aromatic carbocycles. The predicted octanol–water partition coefficient (Wildman–Crippen LogP) is 3.58. The lowest BCUT2D eigenvalue weighted by molar-refractivity contribution is 0.0940. The standard InChI is InChI=1S/C17H17ClN6OS/c1-9-14(26-17(20-9)11-3-5-12(18)6-4-11)16(25)19-10(2)15-21-22-23-24(15)13-7-8-13/h3-6,10,13H,7-8H2,1-2H3,(H,19,25)/t10-/m0/s1. The van der Waals surface area contributed by atoms with Crippen molar-refractivity contribution >= 4 is 28.8 Å². The van der Waals surface area contributed by atoms with Crippen molar-refractivity contribution in [1.82, 2.24) is 30.5 Å². The van der Waals surface area contributed by atoms with Gasteiger partial charge in [0, 0.05) is 10.6 Å². The van der Waals surface area contributed by atoms with Crippen LogP contribution in [0.3, 0.4) is 0 Å². The Morgan fingerprint density at radius 1 is 1.35 bits per heavy atom. The van der Waals surface area contributed by atoms with Crippen molar-refractivity contribution in [3.8, 4) is 10.6 Å². The van der Waals surface area contributed by atoms with Crippen LogP contribution in [0.15, 0.2) is 24.3 Å². The Hall–Kier alpha value is -2.32. The summed E-state index contributed by atoms with van der Waals surface area (Å²) in [6, 6.07) is 7.50. The number of halogens is 1. The van der Waals surface area contributed by atoms with E-state index >= 15 is 0 Å². The van der Waals surface area contributed by atoms with Crippen LogP contribution in [0.2, 0.25) is 5.02 Å². The van der Waals surface area contributed by atoms with E-state index in [1.54, 1.807) is 0 Å². The Balaban J connectivity index is 1.53. The van der Waals surface area contributed by atoms with Crippen LogP contribution in [0.25, 0.3) is 10.6 Å². The molecule has 1 aliphatic carbocycles. The smallest absolute Gasteiger partial charge is 0.263 e. The molecule has 1 N–H and O–H groups in total. The number of nitrogens with zero attached hydrogens (tertiary/aromatic N) is 5. The number of carbonyl (C=O) groups is 1. The van der Waals surface area contributed by atoms with Crippen molar-refractivity contribution in [3.05, 3.63) is 45.7 Å². The first-order chi connectivity index (χ1) is 12.5. The summed E-state index contributed by atoms with van der Waals surface area (Å²) in [5.41, 5.74) is 1.64. The van der Waals surface area contributed by atoms with Gasteiger partial charge in [0.15, 0.2) is 5.82 Å². The minimum Gasteiger partial charge on any atom is -0.341 e. The van der Waals surface area contributed by atoms with Crippen LogP contribution in [0.1, 0.15) is 53.0 Å². The maximum atomic E-state index is 12.7. The molecule has 0 radical (unpaired) electrons. The Kier molecular flexibility index (Phi) is 4.46. The number of nitrogens with one attached hydrogen (secondary N) is 1. The molecule has 1 atom stereocenters. The number of carbonyl (C=O) groups excluding carboxylic acids is 1. The minimum absolute atomic E-state index is 0.168. The van der Waals surface area contributed by atoms with Crippen LogP contribution < -0.4 is 5.32 Å². The van der Waals surface area contributed by atoms with Crippen molar-refractivity contribution in [2.75, 3.05) is 0 Å². The zero-order valence-electron chi connectivity index (χ0n) is 14.3. The van der Waals surface area contributed by atoms with E-state index in [2.05, 4.69) is 25.8 Å². The zero-order chi connectivity index (χ0) is 18.3. The van der Waals surface area contributed by atoms with Gasteiger partial charge in [-0.25, -0.2) is 9.67 Å². The van der Waals surface area contributed by atoms with Gasteiger partial charge in [-0.05, 0) is 49.2 Å². The largest absolute Gasteiger partial charge is 0.341 e. The van der Waals surface area contributed by atoms with E-state index in [9.17, 15) is 4.79 Å². The van der Waals surface area contributed by atoms with Crippen LogP contribution in [0.4, 0.5) is 0 Å². The molecule has 4 rings (SSSR count). The van der Waals surface area contributed by atoms with E-state index in [0.717, 1.165) is 23.4 Å². The second kappa shape index (κ2) is 6.77. The average Bonchev–Trinajstić information content (AvgIpc) is 3.20. The lowest BCUT2D eigenvalue weighted by Crippen LogP contribution is -2.28. The molecule has 1 fully saturated rings. The first kappa shape index (κ1) is 17.1. The molecule has 1 saturated carbocycles. The fourth-order valence-corrected chi connectivity index (χ4v) is 3.82. The van der Waals surface area contributed by atoms with Gasteiger partial charge in [-0.2, -0.15) is 0 Å². The number of rotatable bonds is 5. The molecular formula is C17H17ClN6OS. The molecule has 134 valence electrons. The van der Waals surface area contributed by atoms with E-state index in [-0.39, 0.29) is 11.9 Å². The van der Waals surface area contributed by atoms with Crippen molar-refractivity contribution < 1.29 is 4.79 Å². The quantitative estimate of drug-likeness (QED) is 0.721. The van der Waals surface area contributed by atoms with Gasteiger partial charge in [0.05, 0.1) is 17.8 Å². The summed E-state index contributed by atoms with van der Waals surface area (Å²) < 4.78 is 1.81. The Morgan fingerprint density at radius 2 is 2.08 bits per heavy atom. The maximum absolute atomic E-state index is 12.7. The van der Waals surface area contributed by atoms with Crippen LogP contribution in [0.5, 0.6) is 0 Å². The highest BCUT2D eigenvalue weighted by molar-refractivity contribution is 7.17. The number of aryl methyl sites for hydroxylation is 1. The third-order valence-corrected chi connectivity index (χ3v) is 5.70. The summed E-state index contributed by atoms with van der Waals surface area (Å²) in [6.07, 6.45) is 2.16. The van der Waals surface area contributed by atoms with E-state index in [0.29, 0.717) is 27.5 Å². The van der Waals surface area contributed by atoms with Crippen LogP contribution in [-0.2, 0) is 0 Å². The lowest BCUT2D eigenvalue weighted by atomic mass is 10.2. The summed E-state index contributed by atoms with van der Waals surface area (Å²) in [7, 11) is 0. The van der Waals surface area contributed by atoms with Gasteiger partial charge in [0.25, 0.3) is 5.91 Å². The average molecular weight is 389 g/mol. The van der Waals surface area contributed by atoms with Crippen molar-refractivity contribution in [2.45, 2.75) is 38.8 Å². The molecule has 3 aromatic rings. The number of thiazole rings is 1. The number of hydrogen-bond acceptors (Lipinski definition) is 6. The summed E-state index contributed by atoms with van der Waals surface area (Å²) >= 11 is 7.30. The molecule has 1 amide bonds. The maximum Gasteiger partial charge on any atom is 0.263 e. The Bertz CT molecular complexity index is 947. The third-order valence-electron chi connectivity index (χ3n) is 4.24. The van der Waals surface area contributed by atoms with Gasteiger partial charge < -0.3 is 5.32 Å². The Labute approximate surface area is 159 Å². The van der Waals surface area contributed by atoms with Gasteiger partial charge in [-0.3, -0.25) is 4.79 Å². The number of benzene rings is 1. The van der Waals surface area contributed by atoms with Gasteiger partial charge in [-0.15, -0.1) is 16.4 Å². The number of hydrogen-bond donors (Lipinski definition) is 1. The monoisotopic (exact) mass is 388 g/mol. The van der Waals surface area contributed by atoms with Crippen LogP contribution >= 0.6 is 22.9 Å². The van der Waals surface area contributed by atoms with Crippen molar-refractivity contribution in [1.29, 1.82) is 0 Å².